The lowest BCUT2D eigenvalue weighted by atomic mass is 9.33. The van der Waals surface area contributed by atoms with Crippen molar-refractivity contribution in [3.8, 4) is 11.5 Å². The molecule has 0 amide bonds. The van der Waals surface area contributed by atoms with Gasteiger partial charge in [-0.2, -0.15) is 0 Å². The van der Waals surface area contributed by atoms with Crippen molar-refractivity contribution in [2.75, 3.05) is 9.80 Å². The van der Waals surface area contributed by atoms with Crippen molar-refractivity contribution >= 4 is 79.0 Å². The van der Waals surface area contributed by atoms with Gasteiger partial charge in [-0.15, -0.1) is 0 Å². The Hall–Kier alpha value is -6.20. The maximum Gasteiger partial charge on any atom is 0.256 e. The molecule has 0 saturated carbocycles. The zero-order valence-electron chi connectivity index (χ0n) is 43.5. The Labute approximate surface area is 407 Å². The van der Waals surface area contributed by atoms with Crippen LogP contribution in [0.5, 0.6) is 11.5 Å². The lowest BCUT2D eigenvalue weighted by Gasteiger charge is -2.42. The van der Waals surface area contributed by atoms with Crippen LogP contribution in [0.1, 0.15) is 132 Å². The number of rotatable bonds is 4. The summed E-state index contributed by atoms with van der Waals surface area (Å²) in [6, 6.07) is 51.3. The van der Waals surface area contributed by atoms with Crippen molar-refractivity contribution in [1.82, 2.24) is 4.57 Å². The van der Waals surface area contributed by atoms with E-state index >= 15 is 0 Å². The highest BCUT2D eigenvalue weighted by Crippen LogP contribution is 2.50. The van der Waals surface area contributed by atoms with Crippen LogP contribution in [0.4, 0.5) is 34.1 Å². The van der Waals surface area contributed by atoms with E-state index < -0.39 is 0 Å². The molecule has 0 spiro atoms. The summed E-state index contributed by atoms with van der Waals surface area (Å²) in [7, 11) is 2.23. The Balaban J connectivity index is 1.32. The van der Waals surface area contributed by atoms with E-state index in [1.807, 2.05) is 0 Å². The van der Waals surface area contributed by atoms with Gasteiger partial charge in [-0.25, -0.2) is 0 Å². The second-order valence-electron chi connectivity index (χ2n) is 24.9. The van der Waals surface area contributed by atoms with Crippen molar-refractivity contribution < 1.29 is 4.74 Å². The number of fused-ring (bicyclic) bond motifs is 7. The van der Waals surface area contributed by atoms with Crippen LogP contribution in [-0.4, -0.2) is 11.3 Å². The second kappa shape index (κ2) is 15.4. The average molecular weight is 896 g/mol. The molecule has 7 aromatic carbocycles. The van der Waals surface area contributed by atoms with E-state index in [0.717, 1.165) is 34.2 Å². The van der Waals surface area contributed by atoms with Gasteiger partial charge in [0, 0.05) is 51.8 Å². The standard InChI is InChI=1S/C63H70BN3O/c1-59(2,3)39-21-27-44(28-22-39)66(45-29-23-40(24-30-45)60(4,5)6)54-38-46(37-48-47-19-17-18-20-51(47)65(16)58(48)54)67-52-31-25-41(61(7,8)9)33-49(52)64-50-34-42(62(10,11)12)26-32-55(50)68-56-36-43(63(13,14)15)35-53(67)57(56)64/h17-38H,1-16H3. The predicted molar refractivity (Wildman–Crippen MR) is 294 cm³/mol. The molecule has 3 heterocycles. The molecule has 68 heavy (non-hydrogen) atoms. The highest BCUT2D eigenvalue weighted by Gasteiger charge is 2.44. The normalized spacial score (nSPS) is 13.9. The fourth-order valence-corrected chi connectivity index (χ4v) is 10.6. The van der Waals surface area contributed by atoms with E-state index in [2.05, 4.69) is 259 Å². The molecule has 0 N–H and O–H groups in total. The molecular weight excluding hydrogens is 826 g/mol. The molecule has 0 unspecified atom stereocenters. The van der Waals surface area contributed by atoms with E-state index in [-0.39, 0.29) is 33.8 Å². The van der Waals surface area contributed by atoms with Crippen LogP contribution in [0.25, 0.3) is 21.8 Å². The van der Waals surface area contributed by atoms with Gasteiger partial charge in [0.15, 0.2) is 0 Å². The lowest BCUT2D eigenvalue weighted by molar-refractivity contribution is 0.482. The fraction of sp³-hybridized carbons (Fsp3) is 0.333. The van der Waals surface area contributed by atoms with Crippen LogP contribution in [0.3, 0.4) is 0 Å². The largest absolute Gasteiger partial charge is 0.458 e. The van der Waals surface area contributed by atoms with Gasteiger partial charge in [0.25, 0.3) is 6.71 Å². The number of benzene rings is 7. The summed E-state index contributed by atoms with van der Waals surface area (Å²) in [4.78, 5) is 5.07. The Bertz CT molecular complexity index is 3230. The molecule has 8 aromatic rings. The number of aromatic nitrogens is 1. The molecule has 2 aliphatic rings. The van der Waals surface area contributed by atoms with Crippen LogP contribution < -0.4 is 30.9 Å². The van der Waals surface area contributed by atoms with Crippen LogP contribution in [0.15, 0.2) is 133 Å². The average Bonchev–Trinajstić information content (AvgIpc) is 3.55. The van der Waals surface area contributed by atoms with Crippen molar-refractivity contribution in [3.63, 3.8) is 0 Å². The van der Waals surface area contributed by atoms with Gasteiger partial charge in [-0.3, -0.25) is 0 Å². The third-order valence-corrected chi connectivity index (χ3v) is 14.8. The fourth-order valence-electron chi connectivity index (χ4n) is 10.6. The number of aryl methyl sites for hydroxylation is 1. The minimum absolute atomic E-state index is 0.0199. The Morgan fingerprint density at radius 2 is 0.956 bits per heavy atom. The first-order valence-corrected chi connectivity index (χ1v) is 24.8. The second-order valence-corrected chi connectivity index (χ2v) is 24.9. The van der Waals surface area contributed by atoms with E-state index in [1.165, 1.54) is 77.4 Å². The van der Waals surface area contributed by atoms with Crippen LogP contribution in [0, 0.1) is 0 Å². The minimum Gasteiger partial charge on any atom is -0.458 e. The summed E-state index contributed by atoms with van der Waals surface area (Å²) in [5.74, 6) is 1.88. The molecule has 0 fully saturated rings. The SMILES string of the molecule is Cn1c2ccccc2c2cc(N3c4ccc(C(C)(C)C)cc4B4c5cc(C(C)(C)C)ccc5Oc5cc(C(C)(C)C)cc3c54)cc(N(c3ccc(C(C)(C)C)cc3)c3ccc(C(C)(C)C)cc3)c21. The molecule has 0 radical (unpaired) electrons. The lowest BCUT2D eigenvalue weighted by Crippen LogP contribution is -2.60. The van der Waals surface area contributed by atoms with Crippen LogP contribution in [0.2, 0.25) is 0 Å². The van der Waals surface area contributed by atoms with Gasteiger partial charge in [-0.1, -0.05) is 171 Å². The first-order chi connectivity index (χ1) is 31.8. The number of anilines is 6. The van der Waals surface area contributed by atoms with Crippen molar-refractivity contribution in [2.45, 2.75) is 131 Å². The molecule has 0 bridgehead atoms. The summed E-state index contributed by atoms with van der Waals surface area (Å²) in [6.07, 6.45) is 0. The highest BCUT2D eigenvalue weighted by molar-refractivity contribution is 6.99. The number of nitrogens with zero attached hydrogens (tertiary/aromatic N) is 3. The van der Waals surface area contributed by atoms with Gasteiger partial charge in [-0.05, 0) is 138 Å². The monoisotopic (exact) mass is 896 g/mol. The van der Waals surface area contributed by atoms with E-state index in [9.17, 15) is 0 Å². The van der Waals surface area contributed by atoms with Gasteiger partial charge in [0.1, 0.15) is 11.5 Å². The molecule has 4 nitrogen and oxygen atoms in total. The summed E-state index contributed by atoms with van der Waals surface area (Å²) in [6.45, 7) is 34.6. The zero-order valence-corrected chi connectivity index (χ0v) is 43.5. The van der Waals surface area contributed by atoms with Gasteiger partial charge in [0.2, 0.25) is 0 Å². The minimum atomic E-state index is -0.136. The van der Waals surface area contributed by atoms with Crippen LogP contribution >= 0.6 is 0 Å². The molecule has 10 rings (SSSR count). The van der Waals surface area contributed by atoms with E-state index in [0.29, 0.717) is 0 Å². The molecule has 346 valence electrons. The van der Waals surface area contributed by atoms with Gasteiger partial charge in [0.05, 0.1) is 11.2 Å². The van der Waals surface area contributed by atoms with E-state index in [1.54, 1.807) is 0 Å². The Morgan fingerprint density at radius 1 is 0.441 bits per heavy atom. The number of hydrogen-bond acceptors (Lipinski definition) is 3. The predicted octanol–water partition coefficient (Wildman–Crippen LogP) is 15.7. The third kappa shape index (κ3) is 7.61. The maximum absolute atomic E-state index is 7.16. The van der Waals surface area contributed by atoms with Crippen molar-refractivity contribution in [3.05, 3.63) is 161 Å². The van der Waals surface area contributed by atoms with Crippen LogP contribution in [-0.2, 0) is 34.1 Å². The molecule has 2 aliphatic heterocycles. The quantitative estimate of drug-likeness (QED) is 0.164. The first kappa shape index (κ1) is 45.6. The molecule has 0 saturated heterocycles. The summed E-state index contributed by atoms with van der Waals surface area (Å²) < 4.78 is 9.56. The summed E-state index contributed by atoms with van der Waals surface area (Å²) in [5, 5.41) is 2.44. The number of hydrogen-bond donors (Lipinski definition) is 0. The smallest absolute Gasteiger partial charge is 0.256 e. The number of ether oxygens (including phenoxy) is 1. The molecular formula is C63H70BN3O. The Kier molecular flexibility index (Phi) is 10.3. The number of para-hydroxylation sites is 1. The van der Waals surface area contributed by atoms with Crippen molar-refractivity contribution in [1.29, 1.82) is 0 Å². The molecule has 0 aliphatic carbocycles. The van der Waals surface area contributed by atoms with Gasteiger partial charge < -0.3 is 19.1 Å². The molecule has 5 heteroatoms. The summed E-state index contributed by atoms with van der Waals surface area (Å²) >= 11 is 0. The first-order valence-electron chi connectivity index (χ1n) is 24.8. The third-order valence-electron chi connectivity index (χ3n) is 14.8. The summed E-state index contributed by atoms with van der Waals surface area (Å²) in [5.41, 5.74) is 19.3. The zero-order chi connectivity index (χ0) is 48.6. The van der Waals surface area contributed by atoms with Crippen molar-refractivity contribution in [2.24, 2.45) is 7.05 Å². The maximum atomic E-state index is 7.16. The Morgan fingerprint density at radius 3 is 1.51 bits per heavy atom. The van der Waals surface area contributed by atoms with Gasteiger partial charge >= 0.3 is 0 Å². The highest BCUT2D eigenvalue weighted by atomic mass is 16.5. The molecule has 0 atom stereocenters. The molecule has 1 aromatic heterocycles. The van der Waals surface area contributed by atoms with E-state index in [4.69, 9.17) is 4.74 Å². The topological polar surface area (TPSA) is 20.6 Å².